The van der Waals surface area contributed by atoms with Crippen LogP contribution in [0.1, 0.15) is 41.9 Å². The molecule has 3 heteroatoms. The first-order valence-electron chi connectivity index (χ1n) is 9.03. The smallest absolute Gasteiger partial charge is 0.0486 e. The fourth-order valence-electron chi connectivity index (χ4n) is 4.00. The third-order valence-electron chi connectivity index (χ3n) is 5.23. The molecule has 3 aromatic rings. The molecule has 1 aliphatic rings. The van der Waals surface area contributed by atoms with E-state index in [9.17, 15) is 0 Å². The van der Waals surface area contributed by atoms with Crippen molar-refractivity contribution in [1.82, 2.24) is 14.9 Å². The summed E-state index contributed by atoms with van der Waals surface area (Å²) in [5.74, 6) is 0. The van der Waals surface area contributed by atoms with Crippen molar-refractivity contribution in [2.75, 3.05) is 6.54 Å². The van der Waals surface area contributed by atoms with E-state index in [4.69, 9.17) is 0 Å². The lowest BCUT2D eigenvalue weighted by molar-refractivity contribution is 0.481. The number of nitrogens with zero attached hydrogens (tertiary/aromatic N) is 2. The molecule has 0 fully saturated rings. The number of fused-ring (bicyclic) bond motifs is 3. The second-order valence-corrected chi connectivity index (χ2v) is 6.75. The molecular weight excluding hydrogens is 294 g/mol. The van der Waals surface area contributed by atoms with Gasteiger partial charge >= 0.3 is 0 Å². The number of benzene rings is 1. The Labute approximate surface area is 143 Å². The molecule has 0 radical (unpaired) electrons. The Kier molecular flexibility index (Phi) is 4.11. The summed E-state index contributed by atoms with van der Waals surface area (Å²) in [5.41, 5.74) is 6.83. The molecule has 3 nitrogen and oxygen atoms in total. The molecule has 0 saturated carbocycles. The second kappa shape index (κ2) is 6.40. The molecule has 124 valence electrons. The van der Waals surface area contributed by atoms with Crippen molar-refractivity contribution >= 4 is 10.9 Å². The molecule has 1 aliphatic heterocycles. The lowest BCUT2D eigenvalue weighted by Gasteiger charge is -2.25. The number of rotatable bonds is 4. The maximum absolute atomic E-state index is 4.43. The number of pyridine rings is 1. The van der Waals surface area contributed by atoms with Crippen LogP contribution in [-0.4, -0.2) is 16.1 Å². The van der Waals surface area contributed by atoms with Crippen molar-refractivity contribution in [3.8, 4) is 0 Å². The third kappa shape index (κ3) is 2.63. The summed E-state index contributed by atoms with van der Waals surface area (Å²) in [7, 11) is 0. The molecule has 0 saturated heterocycles. The number of aryl methyl sites for hydroxylation is 3. The van der Waals surface area contributed by atoms with Crippen LogP contribution >= 0.6 is 0 Å². The third-order valence-corrected chi connectivity index (χ3v) is 5.23. The van der Waals surface area contributed by atoms with Gasteiger partial charge in [0.2, 0.25) is 0 Å². The highest BCUT2D eigenvalue weighted by molar-refractivity contribution is 5.86. The van der Waals surface area contributed by atoms with E-state index in [1.165, 1.54) is 27.7 Å². The molecule has 2 aromatic heterocycles. The van der Waals surface area contributed by atoms with Crippen LogP contribution in [-0.2, 0) is 19.4 Å². The monoisotopic (exact) mass is 319 g/mol. The van der Waals surface area contributed by atoms with Gasteiger partial charge in [0.05, 0.1) is 0 Å². The Balaban J connectivity index is 1.73. The van der Waals surface area contributed by atoms with Gasteiger partial charge in [0, 0.05) is 54.0 Å². The van der Waals surface area contributed by atoms with Crippen molar-refractivity contribution in [2.24, 2.45) is 0 Å². The van der Waals surface area contributed by atoms with Crippen LogP contribution in [0.25, 0.3) is 10.9 Å². The summed E-state index contributed by atoms with van der Waals surface area (Å²) < 4.78 is 2.55. The van der Waals surface area contributed by atoms with E-state index in [2.05, 4.69) is 58.2 Å². The number of hydrogen-bond acceptors (Lipinski definition) is 2. The van der Waals surface area contributed by atoms with Gasteiger partial charge in [0.25, 0.3) is 0 Å². The normalized spacial score (nSPS) is 17.2. The van der Waals surface area contributed by atoms with Crippen molar-refractivity contribution in [3.63, 3.8) is 0 Å². The van der Waals surface area contributed by atoms with Gasteiger partial charge in [0.1, 0.15) is 0 Å². The van der Waals surface area contributed by atoms with Gasteiger partial charge < -0.3 is 9.88 Å². The Morgan fingerprint density at radius 3 is 2.88 bits per heavy atom. The zero-order valence-corrected chi connectivity index (χ0v) is 14.5. The van der Waals surface area contributed by atoms with Gasteiger partial charge in [-0.25, -0.2) is 0 Å². The molecule has 0 bridgehead atoms. The summed E-state index contributed by atoms with van der Waals surface area (Å²) >= 11 is 0. The lowest BCUT2D eigenvalue weighted by atomic mass is 9.96. The molecule has 0 aliphatic carbocycles. The molecule has 1 unspecified atom stereocenters. The summed E-state index contributed by atoms with van der Waals surface area (Å²) in [6.07, 6.45) is 5.31. The van der Waals surface area contributed by atoms with Crippen molar-refractivity contribution < 1.29 is 0 Å². The van der Waals surface area contributed by atoms with Gasteiger partial charge in [-0.3, -0.25) is 4.98 Å². The second-order valence-electron chi connectivity index (χ2n) is 6.75. The zero-order valence-electron chi connectivity index (χ0n) is 14.5. The molecule has 0 spiro atoms. The number of para-hydroxylation sites is 1. The number of hydrogen-bond donors (Lipinski definition) is 1. The predicted octanol–water partition coefficient (Wildman–Crippen LogP) is 4.18. The van der Waals surface area contributed by atoms with E-state index in [1.807, 2.05) is 13.1 Å². The largest absolute Gasteiger partial charge is 0.344 e. The molecule has 1 N–H and O–H groups in total. The van der Waals surface area contributed by atoms with Crippen LogP contribution in [0.3, 0.4) is 0 Å². The zero-order chi connectivity index (χ0) is 16.5. The Morgan fingerprint density at radius 1 is 1.21 bits per heavy atom. The van der Waals surface area contributed by atoms with E-state index >= 15 is 0 Å². The van der Waals surface area contributed by atoms with Gasteiger partial charge in [0.15, 0.2) is 0 Å². The van der Waals surface area contributed by atoms with Crippen LogP contribution in [0.4, 0.5) is 0 Å². The average Bonchev–Trinajstić information content (AvgIpc) is 2.95. The van der Waals surface area contributed by atoms with Gasteiger partial charge in [-0.1, -0.05) is 31.2 Å². The van der Waals surface area contributed by atoms with Crippen LogP contribution < -0.4 is 5.32 Å². The number of nitrogens with one attached hydrogen (secondary N) is 1. The average molecular weight is 319 g/mol. The van der Waals surface area contributed by atoms with Gasteiger partial charge in [-0.2, -0.15) is 0 Å². The fourth-order valence-corrected chi connectivity index (χ4v) is 4.00. The highest BCUT2D eigenvalue weighted by Crippen LogP contribution is 2.35. The van der Waals surface area contributed by atoms with E-state index in [0.717, 1.165) is 38.0 Å². The van der Waals surface area contributed by atoms with Crippen molar-refractivity contribution in [3.05, 3.63) is 65.1 Å². The highest BCUT2D eigenvalue weighted by atomic mass is 15.0. The molecule has 3 heterocycles. The highest BCUT2D eigenvalue weighted by Gasteiger charge is 2.25. The maximum atomic E-state index is 4.43. The minimum Gasteiger partial charge on any atom is -0.344 e. The van der Waals surface area contributed by atoms with Gasteiger partial charge in [-0.15, -0.1) is 0 Å². The van der Waals surface area contributed by atoms with Crippen LogP contribution in [0.15, 0.2) is 42.6 Å². The van der Waals surface area contributed by atoms with Gasteiger partial charge in [-0.05, 0) is 43.0 Å². The van der Waals surface area contributed by atoms with Crippen molar-refractivity contribution in [2.45, 2.75) is 45.7 Å². The Bertz CT molecular complexity index is 845. The van der Waals surface area contributed by atoms with Crippen LogP contribution in [0, 0.1) is 6.92 Å². The molecule has 1 aromatic carbocycles. The first-order valence-corrected chi connectivity index (χ1v) is 9.03. The quantitative estimate of drug-likeness (QED) is 0.781. The van der Waals surface area contributed by atoms with Crippen LogP contribution in [0.2, 0.25) is 0 Å². The van der Waals surface area contributed by atoms with Crippen LogP contribution in [0.5, 0.6) is 0 Å². The molecular formula is C21H25N3. The van der Waals surface area contributed by atoms with E-state index < -0.39 is 0 Å². The lowest BCUT2D eigenvalue weighted by Crippen LogP contribution is -2.30. The first-order chi connectivity index (χ1) is 11.8. The van der Waals surface area contributed by atoms with E-state index in [-0.39, 0.29) is 0 Å². The first kappa shape index (κ1) is 15.4. The van der Waals surface area contributed by atoms with E-state index in [1.54, 1.807) is 0 Å². The predicted molar refractivity (Wildman–Crippen MR) is 99.4 cm³/mol. The minimum absolute atomic E-state index is 0.487. The molecule has 0 amide bonds. The summed E-state index contributed by atoms with van der Waals surface area (Å²) in [6, 6.07) is 13.7. The van der Waals surface area contributed by atoms with E-state index in [0.29, 0.717) is 6.04 Å². The number of aromatic nitrogens is 2. The molecule has 24 heavy (non-hydrogen) atoms. The summed E-state index contributed by atoms with van der Waals surface area (Å²) in [6.45, 7) is 6.42. The SMILES string of the molecule is CCC1NCCc2c1c1ccccc1n2CCc1ccc(C)nc1. The molecule has 4 rings (SSSR count). The summed E-state index contributed by atoms with van der Waals surface area (Å²) in [4.78, 5) is 4.43. The topological polar surface area (TPSA) is 29.9 Å². The summed E-state index contributed by atoms with van der Waals surface area (Å²) in [5, 5.41) is 5.11. The standard InChI is InChI=1S/C21H25N3/c1-3-18-21-17-6-4-5-7-19(17)24(20(21)10-12-22-18)13-11-16-9-8-15(2)23-14-16/h4-9,14,18,22H,3,10-13H2,1-2H3. The molecule has 1 atom stereocenters. The Morgan fingerprint density at radius 2 is 2.08 bits per heavy atom. The Hall–Kier alpha value is -2.13. The fraction of sp³-hybridized carbons (Fsp3) is 0.381. The maximum Gasteiger partial charge on any atom is 0.0486 e. The minimum atomic E-state index is 0.487. The van der Waals surface area contributed by atoms with Crippen molar-refractivity contribution in [1.29, 1.82) is 0 Å².